The van der Waals surface area contributed by atoms with Gasteiger partial charge in [0.2, 0.25) is 0 Å². The molecular weight excluding hydrogens is 302 g/mol. The predicted molar refractivity (Wildman–Crippen MR) is 87.7 cm³/mol. The van der Waals surface area contributed by atoms with Gasteiger partial charge < -0.3 is 21.3 Å². The van der Waals surface area contributed by atoms with Gasteiger partial charge in [0.1, 0.15) is 12.0 Å². The van der Waals surface area contributed by atoms with Gasteiger partial charge in [-0.05, 0) is 12.2 Å². The maximum atomic E-state index is 10.4. The fourth-order valence-corrected chi connectivity index (χ4v) is 3.99. The van der Waals surface area contributed by atoms with E-state index < -0.39 is 12.2 Å². The van der Waals surface area contributed by atoms with Crippen LogP contribution in [0, 0.1) is 0 Å². The number of aliphatic hydroxyl groups excluding tert-OH is 2. The second kappa shape index (κ2) is 6.49. The van der Waals surface area contributed by atoms with E-state index in [2.05, 4.69) is 27.2 Å². The highest BCUT2D eigenvalue weighted by atomic mass is 32.2. The molecule has 0 aromatic carbocycles. The molecule has 0 spiro atoms. The van der Waals surface area contributed by atoms with E-state index in [1.165, 1.54) is 6.33 Å². The van der Waals surface area contributed by atoms with Crippen molar-refractivity contribution in [2.24, 2.45) is 4.99 Å². The van der Waals surface area contributed by atoms with Gasteiger partial charge in [0.05, 0.1) is 23.8 Å². The molecule has 1 unspecified atom stereocenters. The Balaban J connectivity index is 1.74. The second-order valence-electron chi connectivity index (χ2n) is 5.65. The van der Waals surface area contributed by atoms with E-state index in [1.807, 2.05) is 0 Å². The Morgan fingerprint density at radius 2 is 2.14 bits per heavy atom. The first-order valence-electron chi connectivity index (χ1n) is 7.48. The van der Waals surface area contributed by atoms with Crippen molar-refractivity contribution in [3.8, 4) is 0 Å². The number of aromatic nitrogens is 2. The third-order valence-corrected chi connectivity index (χ3v) is 5.42. The van der Waals surface area contributed by atoms with Crippen LogP contribution >= 0.6 is 11.8 Å². The van der Waals surface area contributed by atoms with Crippen molar-refractivity contribution in [1.82, 2.24) is 15.3 Å². The zero-order chi connectivity index (χ0) is 15.7. The molecule has 3 rings (SSSR count). The monoisotopic (exact) mass is 323 g/mol. The smallest absolute Gasteiger partial charge is 0.153 e. The molecule has 120 valence electrons. The number of aliphatic imine (C=N–C) groups is 1. The van der Waals surface area contributed by atoms with Crippen LogP contribution in [0.3, 0.4) is 0 Å². The average Bonchev–Trinajstić information content (AvgIpc) is 3.05. The maximum Gasteiger partial charge on any atom is 0.153 e. The Labute approximate surface area is 133 Å². The van der Waals surface area contributed by atoms with E-state index in [1.54, 1.807) is 18.0 Å². The van der Waals surface area contributed by atoms with Crippen LogP contribution in [0.15, 0.2) is 11.3 Å². The number of nitrogens with zero attached hydrogens (tertiary/aromatic N) is 3. The molecule has 3 heterocycles. The number of nitrogen functional groups attached to an aromatic ring is 1. The molecule has 1 fully saturated rings. The SMILES string of the molecule is CCCSC[C@@H]1N[C@H](C2C=Nc3c(N)ncnc32)[C@@H](O)[C@H]1O. The van der Waals surface area contributed by atoms with Crippen LogP contribution in [-0.2, 0) is 0 Å². The summed E-state index contributed by atoms with van der Waals surface area (Å²) in [4.78, 5) is 12.5. The van der Waals surface area contributed by atoms with Gasteiger partial charge in [0.15, 0.2) is 5.82 Å². The van der Waals surface area contributed by atoms with Gasteiger partial charge in [0, 0.05) is 24.1 Å². The zero-order valence-electron chi connectivity index (χ0n) is 12.4. The lowest BCUT2D eigenvalue weighted by Gasteiger charge is -2.21. The fraction of sp³-hybridized carbons (Fsp3) is 0.643. The lowest BCUT2D eigenvalue weighted by molar-refractivity contribution is 0.0299. The standard InChI is InChI=1S/C14H21N5O2S/c1-2-3-22-5-8-12(20)13(21)10(19-8)7-4-16-11-9(7)17-6-18-14(11)15/h4,6-8,10,12-13,19-21H,2-3,5H2,1H3,(H2,15,17,18)/t7?,8-,10+,12-,13+/m0/s1. The molecule has 2 aliphatic heterocycles. The molecule has 0 saturated carbocycles. The van der Waals surface area contributed by atoms with E-state index in [-0.39, 0.29) is 18.0 Å². The lowest BCUT2D eigenvalue weighted by Crippen LogP contribution is -2.39. The number of anilines is 1. The van der Waals surface area contributed by atoms with Gasteiger partial charge in [-0.25, -0.2) is 9.97 Å². The number of hydrogen-bond acceptors (Lipinski definition) is 8. The van der Waals surface area contributed by atoms with Crippen molar-refractivity contribution in [1.29, 1.82) is 0 Å². The zero-order valence-corrected chi connectivity index (χ0v) is 13.2. The Bertz CT molecular complexity index is 570. The van der Waals surface area contributed by atoms with Crippen LogP contribution in [0.25, 0.3) is 0 Å². The molecular formula is C14H21N5O2S. The molecule has 1 aromatic rings. The predicted octanol–water partition coefficient (Wildman–Crippen LogP) is 0.0637. The first-order valence-corrected chi connectivity index (χ1v) is 8.63. The summed E-state index contributed by atoms with van der Waals surface area (Å²) in [6, 6.07) is -0.449. The van der Waals surface area contributed by atoms with Crippen molar-refractivity contribution >= 4 is 29.5 Å². The van der Waals surface area contributed by atoms with Crippen molar-refractivity contribution in [3.05, 3.63) is 12.0 Å². The van der Waals surface area contributed by atoms with Crippen molar-refractivity contribution in [3.63, 3.8) is 0 Å². The largest absolute Gasteiger partial charge is 0.389 e. The lowest BCUT2D eigenvalue weighted by atomic mass is 9.94. The number of rotatable bonds is 5. The molecule has 22 heavy (non-hydrogen) atoms. The van der Waals surface area contributed by atoms with Crippen LogP contribution in [0.5, 0.6) is 0 Å². The highest BCUT2D eigenvalue weighted by Gasteiger charge is 2.46. The van der Waals surface area contributed by atoms with Gasteiger partial charge in [0.25, 0.3) is 0 Å². The van der Waals surface area contributed by atoms with Gasteiger partial charge in [-0.3, -0.25) is 4.99 Å². The molecule has 0 radical (unpaired) electrons. The third kappa shape index (κ3) is 2.71. The second-order valence-corrected chi connectivity index (χ2v) is 6.80. The molecule has 0 amide bonds. The van der Waals surface area contributed by atoms with Crippen LogP contribution < -0.4 is 11.1 Å². The topological polar surface area (TPSA) is 117 Å². The normalized spacial score (nSPS) is 33.3. The van der Waals surface area contributed by atoms with Crippen molar-refractivity contribution < 1.29 is 10.2 Å². The molecule has 5 N–H and O–H groups in total. The van der Waals surface area contributed by atoms with Gasteiger partial charge in [-0.1, -0.05) is 6.92 Å². The number of nitrogens with one attached hydrogen (secondary N) is 1. The fourth-order valence-electron chi connectivity index (χ4n) is 2.98. The minimum absolute atomic E-state index is 0.131. The number of nitrogens with two attached hydrogens (primary N) is 1. The Morgan fingerprint density at radius 3 is 2.91 bits per heavy atom. The van der Waals surface area contributed by atoms with Crippen molar-refractivity contribution in [2.45, 2.75) is 43.6 Å². The average molecular weight is 323 g/mol. The molecule has 7 nitrogen and oxygen atoms in total. The first kappa shape index (κ1) is 15.7. The molecule has 5 atom stereocenters. The number of hydrogen-bond donors (Lipinski definition) is 4. The van der Waals surface area contributed by atoms with E-state index in [4.69, 9.17) is 5.73 Å². The molecule has 0 aliphatic carbocycles. The summed E-state index contributed by atoms with van der Waals surface area (Å²) in [5, 5.41) is 24.0. The summed E-state index contributed by atoms with van der Waals surface area (Å²) >= 11 is 1.78. The van der Waals surface area contributed by atoms with Crippen molar-refractivity contribution in [2.75, 3.05) is 17.2 Å². The van der Waals surface area contributed by atoms with E-state index in [9.17, 15) is 10.2 Å². The summed E-state index contributed by atoms with van der Waals surface area (Å²) in [5.41, 5.74) is 7.08. The highest BCUT2D eigenvalue weighted by Crippen LogP contribution is 2.38. The third-order valence-electron chi connectivity index (χ3n) is 4.13. The van der Waals surface area contributed by atoms with Gasteiger partial charge in [-0.2, -0.15) is 11.8 Å². The highest BCUT2D eigenvalue weighted by molar-refractivity contribution is 7.99. The molecule has 2 aliphatic rings. The number of fused-ring (bicyclic) bond motifs is 1. The van der Waals surface area contributed by atoms with Gasteiger partial charge >= 0.3 is 0 Å². The summed E-state index contributed by atoms with van der Waals surface area (Å²) in [6.45, 7) is 2.12. The molecule has 1 aromatic heterocycles. The summed E-state index contributed by atoms with van der Waals surface area (Å²) in [6.07, 6.45) is 2.59. The number of aliphatic hydroxyl groups is 2. The van der Waals surface area contributed by atoms with E-state index >= 15 is 0 Å². The Kier molecular flexibility index (Phi) is 4.62. The van der Waals surface area contributed by atoms with Crippen LogP contribution in [0.1, 0.15) is 25.0 Å². The Morgan fingerprint density at radius 1 is 1.32 bits per heavy atom. The molecule has 0 bridgehead atoms. The minimum atomic E-state index is -0.856. The first-order chi connectivity index (χ1) is 10.6. The van der Waals surface area contributed by atoms with E-state index in [0.717, 1.165) is 17.9 Å². The Hall–Kier alpha value is -1.22. The van der Waals surface area contributed by atoms with E-state index in [0.29, 0.717) is 17.2 Å². The maximum absolute atomic E-state index is 10.4. The van der Waals surface area contributed by atoms with Gasteiger partial charge in [-0.15, -0.1) is 0 Å². The van der Waals surface area contributed by atoms with Crippen LogP contribution in [-0.4, -0.2) is 62.2 Å². The summed E-state index contributed by atoms with van der Waals surface area (Å²) < 4.78 is 0. The number of thioether (sulfide) groups is 1. The quantitative estimate of drug-likeness (QED) is 0.566. The molecule has 8 heteroatoms. The van der Waals surface area contributed by atoms with Crippen LogP contribution in [0.2, 0.25) is 0 Å². The minimum Gasteiger partial charge on any atom is -0.389 e. The summed E-state index contributed by atoms with van der Waals surface area (Å²) in [7, 11) is 0. The summed E-state index contributed by atoms with van der Waals surface area (Å²) in [5.74, 6) is 1.95. The van der Waals surface area contributed by atoms with Crippen LogP contribution in [0.4, 0.5) is 11.5 Å². The molecule has 1 saturated heterocycles.